The van der Waals surface area contributed by atoms with Gasteiger partial charge in [-0.05, 0) is 25.1 Å². The zero-order valence-electron chi connectivity index (χ0n) is 10.1. The molecule has 0 amide bonds. The average molecular weight is 254 g/mol. The van der Waals surface area contributed by atoms with Crippen molar-refractivity contribution < 1.29 is 13.9 Å². The van der Waals surface area contributed by atoms with Crippen molar-refractivity contribution in [2.45, 2.75) is 18.6 Å². The molecule has 0 spiro atoms. The van der Waals surface area contributed by atoms with Gasteiger partial charge in [-0.2, -0.15) is 0 Å². The topological polar surface area (TPSA) is 60.3 Å². The molecule has 0 bridgehead atoms. The van der Waals surface area contributed by atoms with E-state index in [1.807, 2.05) is 0 Å². The Kier molecular flexibility index (Phi) is 3.76. The molecule has 2 rings (SSSR count). The number of aromatic nitrogens is 1. The number of carbonyl (C=O) groups excluding carboxylic acids is 1. The number of ether oxygens (including phenoxy) is 1. The van der Waals surface area contributed by atoms with Crippen LogP contribution in [0.1, 0.15) is 22.8 Å². The van der Waals surface area contributed by atoms with Crippen LogP contribution in [0.2, 0.25) is 0 Å². The summed E-state index contributed by atoms with van der Waals surface area (Å²) in [6, 6.07) is 2.42. The van der Waals surface area contributed by atoms with Crippen LogP contribution in [0.4, 0.5) is 4.39 Å². The number of nitrogens with one attached hydrogen (secondary N) is 1. The van der Waals surface area contributed by atoms with Gasteiger partial charge >= 0.3 is 5.97 Å². The summed E-state index contributed by atoms with van der Waals surface area (Å²) in [4.78, 5) is 23.5. The Morgan fingerprint density at radius 2 is 2.39 bits per heavy atom. The molecule has 1 fully saturated rings. The van der Waals surface area contributed by atoms with Crippen molar-refractivity contribution in [1.29, 1.82) is 0 Å². The summed E-state index contributed by atoms with van der Waals surface area (Å²) in [7, 11) is 1.21. The average Bonchev–Trinajstić information content (AvgIpc) is 2.39. The predicted octanol–water partition coefficient (Wildman–Crippen LogP) is 0.507. The van der Waals surface area contributed by atoms with Gasteiger partial charge in [-0.1, -0.05) is 0 Å². The van der Waals surface area contributed by atoms with Gasteiger partial charge in [0.1, 0.15) is 11.7 Å². The fraction of sp³-hybridized carbons (Fsp3) is 0.500. The zero-order chi connectivity index (χ0) is 13.1. The second-order valence-electron chi connectivity index (χ2n) is 4.20. The number of carbonyl (C=O) groups is 1. The van der Waals surface area contributed by atoms with Crippen molar-refractivity contribution in [3.63, 3.8) is 0 Å². The first-order chi connectivity index (χ1) is 8.65. The van der Waals surface area contributed by atoms with Crippen LogP contribution in [0.15, 0.2) is 23.1 Å². The minimum absolute atomic E-state index is 0.0641. The molecule has 0 radical (unpaired) electrons. The monoisotopic (exact) mass is 254 g/mol. The summed E-state index contributed by atoms with van der Waals surface area (Å²) in [6.07, 6.45) is 0.896. The molecule has 2 atom stereocenters. The molecule has 98 valence electrons. The standard InChI is InChI=1S/C12H15FN2O3/c1-18-12(17)8-3-2-6-15(11(8)16)10-4-5-14-7-9(10)13/h2-3,6,9-10,14H,4-5,7H2,1H3/t9-,10+/m0/s1. The molecule has 0 unspecified atom stereocenters. The summed E-state index contributed by atoms with van der Waals surface area (Å²) in [5.41, 5.74) is -0.565. The Morgan fingerprint density at radius 1 is 1.61 bits per heavy atom. The van der Waals surface area contributed by atoms with Crippen molar-refractivity contribution in [2.75, 3.05) is 20.2 Å². The number of esters is 1. The van der Waals surface area contributed by atoms with Gasteiger partial charge in [-0.15, -0.1) is 0 Å². The molecule has 0 aliphatic carbocycles. The second-order valence-corrected chi connectivity index (χ2v) is 4.20. The van der Waals surface area contributed by atoms with Gasteiger partial charge in [0.15, 0.2) is 0 Å². The first-order valence-electron chi connectivity index (χ1n) is 5.79. The summed E-state index contributed by atoms with van der Waals surface area (Å²) in [5.74, 6) is -0.696. The Bertz CT molecular complexity index is 500. The van der Waals surface area contributed by atoms with Gasteiger partial charge in [-0.3, -0.25) is 4.79 Å². The lowest BCUT2D eigenvalue weighted by Crippen LogP contribution is -2.43. The van der Waals surface area contributed by atoms with E-state index < -0.39 is 23.7 Å². The van der Waals surface area contributed by atoms with Crippen LogP contribution in [-0.4, -0.2) is 36.9 Å². The van der Waals surface area contributed by atoms with E-state index in [1.54, 1.807) is 6.07 Å². The minimum atomic E-state index is -1.13. The maximum absolute atomic E-state index is 13.8. The van der Waals surface area contributed by atoms with E-state index in [0.717, 1.165) is 0 Å². The third-order valence-corrected chi connectivity index (χ3v) is 3.11. The van der Waals surface area contributed by atoms with Gasteiger partial charge in [0, 0.05) is 12.7 Å². The van der Waals surface area contributed by atoms with Crippen molar-refractivity contribution in [3.8, 4) is 0 Å². The molecule has 1 aliphatic heterocycles. The molecule has 18 heavy (non-hydrogen) atoms. The van der Waals surface area contributed by atoms with Crippen LogP contribution >= 0.6 is 0 Å². The molecule has 1 aliphatic rings. The molecule has 6 heteroatoms. The minimum Gasteiger partial charge on any atom is -0.465 e. The van der Waals surface area contributed by atoms with E-state index in [0.29, 0.717) is 13.0 Å². The second kappa shape index (κ2) is 5.30. The number of pyridine rings is 1. The van der Waals surface area contributed by atoms with Gasteiger partial charge in [-0.25, -0.2) is 9.18 Å². The first-order valence-corrected chi connectivity index (χ1v) is 5.79. The predicted molar refractivity (Wildman–Crippen MR) is 63.5 cm³/mol. The largest absolute Gasteiger partial charge is 0.465 e. The Morgan fingerprint density at radius 3 is 3.06 bits per heavy atom. The highest BCUT2D eigenvalue weighted by Gasteiger charge is 2.27. The highest BCUT2D eigenvalue weighted by molar-refractivity contribution is 5.88. The SMILES string of the molecule is COC(=O)c1cccn([C@@H]2CCNC[C@@H]2F)c1=O. The number of alkyl halides is 1. The normalized spacial score (nSPS) is 23.7. The number of nitrogens with zero attached hydrogens (tertiary/aromatic N) is 1. The summed E-state index contributed by atoms with van der Waals surface area (Å²) in [6.45, 7) is 0.875. The van der Waals surface area contributed by atoms with Gasteiger partial charge in [0.2, 0.25) is 0 Å². The summed E-state index contributed by atoms with van der Waals surface area (Å²) >= 11 is 0. The molecule has 5 nitrogen and oxygen atoms in total. The van der Waals surface area contributed by atoms with E-state index in [9.17, 15) is 14.0 Å². The molecule has 0 aromatic carbocycles. The molecule has 1 saturated heterocycles. The van der Waals surface area contributed by atoms with E-state index in [1.165, 1.54) is 23.9 Å². The molecular weight excluding hydrogens is 239 g/mol. The smallest absolute Gasteiger partial charge is 0.343 e. The zero-order valence-corrected chi connectivity index (χ0v) is 10.1. The Labute approximate surface area is 104 Å². The van der Waals surface area contributed by atoms with Crippen LogP contribution < -0.4 is 10.9 Å². The lowest BCUT2D eigenvalue weighted by molar-refractivity contribution is 0.0596. The molecule has 1 N–H and O–H groups in total. The fourth-order valence-electron chi connectivity index (χ4n) is 2.16. The maximum Gasteiger partial charge on any atom is 0.343 e. The Hall–Kier alpha value is -1.69. The molecule has 2 heterocycles. The van der Waals surface area contributed by atoms with Gasteiger partial charge in [0.05, 0.1) is 13.2 Å². The highest BCUT2D eigenvalue weighted by atomic mass is 19.1. The number of rotatable bonds is 2. The molecule has 1 aromatic heterocycles. The summed E-state index contributed by atoms with van der Waals surface area (Å²) < 4.78 is 19.6. The third kappa shape index (κ3) is 2.28. The van der Waals surface area contributed by atoms with Crippen molar-refractivity contribution in [3.05, 3.63) is 34.2 Å². The van der Waals surface area contributed by atoms with Crippen LogP contribution in [0, 0.1) is 0 Å². The number of methoxy groups -OCH3 is 1. The molecule has 1 aromatic rings. The van der Waals surface area contributed by atoms with Crippen LogP contribution in [0.25, 0.3) is 0 Å². The van der Waals surface area contributed by atoms with E-state index >= 15 is 0 Å². The van der Waals surface area contributed by atoms with Crippen LogP contribution in [-0.2, 0) is 4.74 Å². The summed E-state index contributed by atoms with van der Waals surface area (Å²) in [5, 5.41) is 2.92. The highest BCUT2D eigenvalue weighted by Crippen LogP contribution is 2.20. The van der Waals surface area contributed by atoms with Crippen LogP contribution in [0.5, 0.6) is 0 Å². The first kappa shape index (κ1) is 12.8. The third-order valence-electron chi connectivity index (χ3n) is 3.11. The van der Waals surface area contributed by atoms with Crippen molar-refractivity contribution in [2.24, 2.45) is 0 Å². The number of hydrogen-bond acceptors (Lipinski definition) is 4. The van der Waals surface area contributed by atoms with E-state index in [4.69, 9.17) is 0 Å². The van der Waals surface area contributed by atoms with Crippen molar-refractivity contribution >= 4 is 5.97 Å². The van der Waals surface area contributed by atoms with Crippen molar-refractivity contribution in [1.82, 2.24) is 9.88 Å². The quantitative estimate of drug-likeness (QED) is 0.781. The van der Waals surface area contributed by atoms with E-state index in [-0.39, 0.29) is 12.1 Å². The maximum atomic E-state index is 13.8. The number of piperidine rings is 1. The van der Waals surface area contributed by atoms with Gasteiger partial charge in [0.25, 0.3) is 5.56 Å². The fourth-order valence-corrected chi connectivity index (χ4v) is 2.16. The Balaban J connectivity index is 2.39. The van der Waals surface area contributed by atoms with Gasteiger partial charge < -0.3 is 14.6 Å². The van der Waals surface area contributed by atoms with E-state index in [2.05, 4.69) is 10.1 Å². The lowest BCUT2D eigenvalue weighted by atomic mass is 10.0. The molecule has 0 saturated carbocycles. The molecular formula is C12H15FN2O3. The lowest BCUT2D eigenvalue weighted by Gasteiger charge is -2.28. The van der Waals surface area contributed by atoms with Crippen LogP contribution in [0.3, 0.4) is 0 Å². The number of halogens is 1. The number of hydrogen-bond donors (Lipinski definition) is 1.